The average Bonchev–Trinajstić information content (AvgIpc) is 2.94. The molecule has 0 aliphatic rings. The standard InChI is InChI=1S/C22H27N3O4/c1-5-25-14(3)18(20(15(25)4)22(28)29-6-2)10-11-19(26)24-13-16-8-7-9-17(12-16)21(23)27/h7-12H,5-6,13H2,1-4H3,(H2,23,27)(H,24,26)/b11-10+. The zero-order chi connectivity index (χ0) is 21.6. The lowest BCUT2D eigenvalue weighted by Crippen LogP contribution is -2.20. The predicted octanol–water partition coefficient (Wildman–Crippen LogP) is 2.73. The minimum atomic E-state index is -0.518. The number of primary amides is 1. The second-order valence-corrected chi connectivity index (χ2v) is 6.54. The second-order valence-electron chi connectivity index (χ2n) is 6.54. The molecule has 2 rings (SSSR count). The molecule has 7 nitrogen and oxygen atoms in total. The van der Waals surface area contributed by atoms with Gasteiger partial charge in [0.05, 0.1) is 12.2 Å². The van der Waals surface area contributed by atoms with E-state index in [2.05, 4.69) is 5.32 Å². The molecule has 154 valence electrons. The summed E-state index contributed by atoms with van der Waals surface area (Å²) < 4.78 is 7.19. The van der Waals surface area contributed by atoms with Gasteiger partial charge >= 0.3 is 5.97 Å². The third-order valence-corrected chi connectivity index (χ3v) is 4.71. The third-order valence-electron chi connectivity index (χ3n) is 4.71. The summed E-state index contributed by atoms with van der Waals surface area (Å²) in [6, 6.07) is 6.76. The van der Waals surface area contributed by atoms with Gasteiger partial charge in [0.25, 0.3) is 0 Å². The summed E-state index contributed by atoms with van der Waals surface area (Å²) in [5.41, 5.74) is 9.28. The molecule has 0 fully saturated rings. The fourth-order valence-electron chi connectivity index (χ4n) is 3.29. The van der Waals surface area contributed by atoms with Crippen molar-refractivity contribution < 1.29 is 19.1 Å². The van der Waals surface area contributed by atoms with E-state index in [4.69, 9.17) is 10.5 Å². The summed E-state index contributed by atoms with van der Waals surface area (Å²) >= 11 is 0. The zero-order valence-corrected chi connectivity index (χ0v) is 17.2. The monoisotopic (exact) mass is 397 g/mol. The maximum atomic E-state index is 12.4. The number of rotatable bonds is 8. The van der Waals surface area contributed by atoms with Crippen LogP contribution in [-0.2, 0) is 22.6 Å². The number of hydrogen-bond acceptors (Lipinski definition) is 4. The van der Waals surface area contributed by atoms with Crippen molar-refractivity contribution in [3.8, 4) is 0 Å². The molecule has 0 aliphatic heterocycles. The van der Waals surface area contributed by atoms with Crippen LogP contribution in [0.1, 0.15) is 57.1 Å². The lowest BCUT2D eigenvalue weighted by atomic mass is 10.1. The third kappa shape index (κ3) is 5.13. The summed E-state index contributed by atoms with van der Waals surface area (Å²) in [4.78, 5) is 35.9. The van der Waals surface area contributed by atoms with Crippen LogP contribution in [-0.4, -0.2) is 29.0 Å². The molecule has 2 aromatic rings. The van der Waals surface area contributed by atoms with E-state index in [0.29, 0.717) is 23.2 Å². The normalized spacial score (nSPS) is 10.9. The number of esters is 1. The van der Waals surface area contributed by atoms with Crippen molar-refractivity contribution in [3.63, 3.8) is 0 Å². The van der Waals surface area contributed by atoms with E-state index >= 15 is 0 Å². The minimum Gasteiger partial charge on any atom is -0.462 e. The van der Waals surface area contributed by atoms with Gasteiger partial charge in [0, 0.05) is 41.7 Å². The van der Waals surface area contributed by atoms with Crippen molar-refractivity contribution >= 4 is 23.9 Å². The molecule has 2 amide bonds. The van der Waals surface area contributed by atoms with Crippen LogP contribution in [0.3, 0.4) is 0 Å². The smallest absolute Gasteiger partial charge is 0.340 e. The Morgan fingerprint density at radius 3 is 2.52 bits per heavy atom. The fraction of sp³-hybridized carbons (Fsp3) is 0.318. The maximum Gasteiger partial charge on any atom is 0.340 e. The molecule has 1 aromatic heterocycles. The average molecular weight is 397 g/mol. The number of hydrogen-bond donors (Lipinski definition) is 2. The molecule has 0 bridgehead atoms. The number of nitrogens with two attached hydrogens (primary N) is 1. The van der Waals surface area contributed by atoms with Gasteiger partial charge in [-0.05, 0) is 51.5 Å². The first-order valence-corrected chi connectivity index (χ1v) is 9.51. The van der Waals surface area contributed by atoms with Gasteiger partial charge in [-0.1, -0.05) is 12.1 Å². The Bertz CT molecular complexity index is 957. The predicted molar refractivity (Wildman–Crippen MR) is 111 cm³/mol. The topological polar surface area (TPSA) is 103 Å². The Morgan fingerprint density at radius 2 is 1.90 bits per heavy atom. The zero-order valence-electron chi connectivity index (χ0n) is 17.2. The van der Waals surface area contributed by atoms with Crippen molar-refractivity contribution in [3.05, 3.63) is 64.0 Å². The van der Waals surface area contributed by atoms with Gasteiger partial charge in [0.2, 0.25) is 11.8 Å². The van der Waals surface area contributed by atoms with Crippen molar-refractivity contribution in [2.45, 2.75) is 40.8 Å². The Balaban J connectivity index is 2.18. The van der Waals surface area contributed by atoms with E-state index in [1.807, 2.05) is 25.3 Å². The van der Waals surface area contributed by atoms with Gasteiger partial charge in [-0.25, -0.2) is 4.79 Å². The minimum absolute atomic E-state index is 0.253. The van der Waals surface area contributed by atoms with Gasteiger partial charge in [-0.3, -0.25) is 9.59 Å². The molecule has 0 unspecified atom stereocenters. The Hall–Kier alpha value is -3.35. The molecule has 0 saturated carbocycles. The number of ether oxygens (including phenoxy) is 1. The van der Waals surface area contributed by atoms with E-state index in [0.717, 1.165) is 17.0 Å². The number of amides is 2. The van der Waals surface area contributed by atoms with E-state index in [-0.39, 0.29) is 19.1 Å². The van der Waals surface area contributed by atoms with Crippen LogP contribution in [0.5, 0.6) is 0 Å². The first kappa shape index (κ1) is 21.9. The number of nitrogens with zero attached hydrogens (tertiary/aromatic N) is 1. The summed E-state index contributed by atoms with van der Waals surface area (Å²) in [7, 11) is 0. The number of carbonyl (C=O) groups is 3. The Kier molecular flexibility index (Phi) is 7.36. The van der Waals surface area contributed by atoms with Crippen LogP contribution in [0.2, 0.25) is 0 Å². The molecule has 7 heteroatoms. The molecule has 0 saturated heterocycles. The summed E-state index contributed by atoms with van der Waals surface area (Å²) in [6.07, 6.45) is 3.03. The van der Waals surface area contributed by atoms with Crippen LogP contribution in [0.25, 0.3) is 6.08 Å². The number of benzene rings is 1. The fourth-order valence-corrected chi connectivity index (χ4v) is 3.29. The summed E-state index contributed by atoms with van der Waals surface area (Å²) in [5, 5.41) is 2.76. The van der Waals surface area contributed by atoms with Gasteiger partial charge in [-0.15, -0.1) is 0 Å². The van der Waals surface area contributed by atoms with E-state index in [1.165, 1.54) is 6.08 Å². The number of nitrogens with one attached hydrogen (secondary N) is 1. The van der Waals surface area contributed by atoms with Crippen molar-refractivity contribution in [1.82, 2.24) is 9.88 Å². The molecular weight excluding hydrogens is 370 g/mol. The highest BCUT2D eigenvalue weighted by Crippen LogP contribution is 2.25. The number of aromatic nitrogens is 1. The second kappa shape index (κ2) is 9.73. The van der Waals surface area contributed by atoms with E-state index in [9.17, 15) is 14.4 Å². The quantitative estimate of drug-likeness (QED) is 0.528. The Morgan fingerprint density at radius 1 is 1.17 bits per heavy atom. The highest BCUT2D eigenvalue weighted by Gasteiger charge is 2.22. The van der Waals surface area contributed by atoms with Gasteiger partial charge in [0.1, 0.15) is 0 Å². The summed E-state index contributed by atoms with van der Waals surface area (Å²) in [6.45, 7) is 8.77. The molecule has 1 aromatic carbocycles. The molecule has 29 heavy (non-hydrogen) atoms. The van der Waals surface area contributed by atoms with E-state index < -0.39 is 11.9 Å². The van der Waals surface area contributed by atoms with Crippen molar-refractivity contribution in [1.29, 1.82) is 0 Å². The molecule has 0 aliphatic carbocycles. The van der Waals surface area contributed by atoms with Gasteiger partial charge < -0.3 is 20.4 Å². The maximum absolute atomic E-state index is 12.4. The highest BCUT2D eigenvalue weighted by atomic mass is 16.5. The molecule has 0 radical (unpaired) electrons. The molecule has 0 spiro atoms. The van der Waals surface area contributed by atoms with Crippen LogP contribution < -0.4 is 11.1 Å². The first-order chi connectivity index (χ1) is 13.8. The lowest BCUT2D eigenvalue weighted by molar-refractivity contribution is -0.116. The van der Waals surface area contributed by atoms with Crippen LogP contribution in [0.4, 0.5) is 0 Å². The first-order valence-electron chi connectivity index (χ1n) is 9.51. The van der Waals surface area contributed by atoms with Crippen LogP contribution >= 0.6 is 0 Å². The highest BCUT2D eigenvalue weighted by molar-refractivity contribution is 5.99. The van der Waals surface area contributed by atoms with Crippen molar-refractivity contribution in [2.24, 2.45) is 5.73 Å². The molecule has 0 atom stereocenters. The number of carbonyl (C=O) groups excluding carboxylic acids is 3. The van der Waals surface area contributed by atoms with Gasteiger partial charge in [-0.2, -0.15) is 0 Å². The SMILES string of the molecule is CCOC(=O)c1c(/C=C/C(=O)NCc2cccc(C(N)=O)c2)c(C)n(CC)c1C. The molecule has 1 heterocycles. The van der Waals surface area contributed by atoms with Crippen LogP contribution in [0.15, 0.2) is 30.3 Å². The lowest BCUT2D eigenvalue weighted by Gasteiger charge is -2.05. The largest absolute Gasteiger partial charge is 0.462 e. The van der Waals surface area contributed by atoms with E-state index in [1.54, 1.807) is 37.3 Å². The van der Waals surface area contributed by atoms with Crippen molar-refractivity contribution in [2.75, 3.05) is 6.61 Å². The summed E-state index contributed by atoms with van der Waals surface area (Å²) in [5.74, 6) is -1.23. The van der Waals surface area contributed by atoms with Crippen LogP contribution in [0, 0.1) is 13.8 Å². The Labute approximate surface area is 170 Å². The molecule has 3 N–H and O–H groups in total. The van der Waals surface area contributed by atoms with Gasteiger partial charge in [0.15, 0.2) is 0 Å². The molecular formula is C22H27N3O4.